The van der Waals surface area contributed by atoms with Crippen molar-refractivity contribution < 1.29 is 48.4 Å². The summed E-state index contributed by atoms with van der Waals surface area (Å²) in [4.78, 5) is 61.6. The third kappa shape index (κ3) is 10.4. The van der Waals surface area contributed by atoms with Crippen LogP contribution in [0.1, 0.15) is 79.6 Å². The van der Waals surface area contributed by atoms with Gasteiger partial charge in [-0.2, -0.15) is 0 Å². The maximum atomic E-state index is 13.0. The summed E-state index contributed by atoms with van der Waals surface area (Å²) in [5.74, 6) is -1.38. The van der Waals surface area contributed by atoms with Gasteiger partial charge in [0.2, 0.25) is 5.91 Å². The molecule has 276 valence electrons. The molecule has 3 aliphatic heterocycles. The lowest BCUT2D eigenvalue weighted by atomic mass is 9.75. The van der Waals surface area contributed by atoms with Gasteiger partial charge in [0, 0.05) is 50.5 Å². The summed E-state index contributed by atoms with van der Waals surface area (Å²) in [6.45, 7) is 8.90. The Kier molecular flexibility index (Phi) is 13.8. The van der Waals surface area contributed by atoms with Crippen LogP contribution in [0.5, 0.6) is 0 Å². The number of Topliss-reactive ketones (excluding diaryl/α,β-unsaturated/α-hetero) is 1. The lowest BCUT2D eigenvalue weighted by Crippen LogP contribution is -2.58. The van der Waals surface area contributed by atoms with Crippen LogP contribution < -0.4 is 5.32 Å². The molecule has 0 unspecified atom stereocenters. The number of esters is 1. The standard InChI is InChI=1S/C37H51ClN2O10/c1-21(6-9-31-22(2)14-30(24(4)49-31)39-33(43)11-8-23(3)48-25(5)41)7-10-32-36(46)37(47,20-38)19-29(50-32)18-28(42)17-26-15-27(16-26)40-34(44)12-13-35(40)45/h6-8,10-13,22-24,26-27,29-32,36,46-47H,9,14-20H2,1-5H3,(H,39,43)/b10-7+,11-8-,21-6+/t22-,23-,24+,26?,27?,29+,30+,31-,32+,36+,37+/m0/s1. The Labute approximate surface area is 298 Å². The Morgan fingerprint density at radius 3 is 2.42 bits per heavy atom. The number of hydrogen-bond acceptors (Lipinski definition) is 10. The molecule has 9 atom stereocenters. The van der Waals surface area contributed by atoms with E-state index in [4.69, 9.17) is 25.8 Å². The molecular weight excluding hydrogens is 668 g/mol. The Morgan fingerprint density at radius 1 is 1.10 bits per heavy atom. The van der Waals surface area contributed by atoms with Crippen molar-refractivity contribution in [1.29, 1.82) is 0 Å². The summed E-state index contributed by atoms with van der Waals surface area (Å²) in [6, 6.07) is -0.359. The second-order valence-corrected chi connectivity index (χ2v) is 14.6. The van der Waals surface area contributed by atoms with Gasteiger partial charge in [-0.15, -0.1) is 11.6 Å². The summed E-state index contributed by atoms with van der Waals surface area (Å²) in [5, 5.41) is 25.1. The maximum absolute atomic E-state index is 13.0. The fourth-order valence-electron chi connectivity index (χ4n) is 7.16. The number of ether oxygens (including phenoxy) is 3. The molecule has 0 aromatic carbocycles. The van der Waals surface area contributed by atoms with Crippen molar-refractivity contribution in [2.75, 3.05) is 5.88 Å². The van der Waals surface area contributed by atoms with E-state index in [2.05, 4.69) is 12.2 Å². The van der Waals surface area contributed by atoms with E-state index in [1.807, 2.05) is 19.9 Å². The SMILES string of the molecule is CC(=O)O[C@@H](C)/C=C\C(=O)N[C@@H]1C[C@H](C)[C@H](C/C=C(C)/C=C/[C@H]2O[C@H](CC(=O)CC3CC(N4C(=O)C=CC4=O)C3)C[C@@](O)(CCl)[C@@H]2O)O[C@@H]1C. The van der Waals surface area contributed by atoms with Crippen LogP contribution >= 0.6 is 11.6 Å². The van der Waals surface area contributed by atoms with E-state index in [9.17, 15) is 34.2 Å². The number of nitrogens with one attached hydrogen (secondary N) is 1. The first kappa shape index (κ1) is 39.6. The van der Waals surface area contributed by atoms with E-state index in [0.29, 0.717) is 19.3 Å². The van der Waals surface area contributed by atoms with E-state index in [0.717, 1.165) is 12.0 Å². The Bertz CT molecular complexity index is 1390. The predicted octanol–water partition coefficient (Wildman–Crippen LogP) is 3.23. The number of carbonyl (C=O) groups is 5. The number of allylic oxidation sites excluding steroid dienone is 2. The molecule has 1 saturated carbocycles. The van der Waals surface area contributed by atoms with E-state index >= 15 is 0 Å². The highest BCUT2D eigenvalue weighted by Gasteiger charge is 2.47. The fraction of sp³-hybridized carbons (Fsp3) is 0.649. The molecule has 13 heteroatoms. The van der Waals surface area contributed by atoms with Crippen molar-refractivity contribution in [1.82, 2.24) is 10.2 Å². The van der Waals surface area contributed by atoms with E-state index in [1.54, 1.807) is 19.1 Å². The number of aliphatic hydroxyl groups excluding tert-OH is 1. The number of imide groups is 1. The highest BCUT2D eigenvalue weighted by atomic mass is 35.5. The predicted molar refractivity (Wildman–Crippen MR) is 185 cm³/mol. The van der Waals surface area contributed by atoms with Gasteiger partial charge in [-0.1, -0.05) is 30.7 Å². The zero-order valence-electron chi connectivity index (χ0n) is 29.5. The third-order valence-electron chi connectivity index (χ3n) is 10.1. The quantitative estimate of drug-likeness (QED) is 0.0798. The van der Waals surface area contributed by atoms with Gasteiger partial charge in [-0.3, -0.25) is 28.9 Å². The average molecular weight is 719 g/mol. The van der Waals surface area contributed by atoms with Crippen molar-refractivity contribution in [2.45, 2.75) is 134 Å². The first-order valence-corrected chi connectivity index (χ1v) is 18.0. The summed E-state index contributed by atoms with van der Waals surface area (Å²) >= 11 is 6.10. The van der Waals surface area contributed by atoms with Gasteiger partial charge in [-0.25, -0.2) is 0 Å². The maximum Gasteiger partial charge on any atom is 0.303 e. The van der Waals surface area contributed by atoms with Gasteiger partial charge in [0.1, 0.15) is 29.7 Å². The Hall–Kier alpha value is -3.16. The largest absolute Gasteiger partial charge is 0.459 e. The first-order valence-electron chi connectivity index (χ1n) is 17.4. The molecule has 0 spiro atoms. The monoisotopic (exact) mass is 718 g/mol. The van der Waals surface area contributed by atoms with Gasteiger partial charge in [-0.05, 0) is 64.4 Å². The zero-order chi connectivity index (χ0) is 36.7. The molecule has 3 amide bonds. The number of alkyl halides is 1. The van der Waals surface area contributed by atoms with Gasteiger partial charge >= 0.3 is 5.97 Å². The molecule has 4 rings (SSSR count). The number of carbonyl (C=O) groups excluding carboxylic acids is 5. The Balaban J connectivity index is 1.25. The van der Waals surface area contributed by atoms with E-state index < -0.39 is 36.0 Å². The second-order valence-electron chi connectivity index (χ2n) is 14.4. The van der Waals surface area contributed by atoms with Crippen LogP contribution in [0.2, 0.25) is 0 Å². The van der Waals surface area contributed by atoms with Crippen molar-refractivity contribution in [2.24, 2.45) is 11.8 Å². The minimum Gasteiger partial charge on any atom is -0.459 e. The third-order valence-corrected chi connectivity index (χ3v) is 10.5. The number of halogens is 1. The lowest BCUT2D eigenvalue weighted by Gasteiger charge is -2.44. The van der Waals surface area contributed by atoms with Crippen LogP contribution in [0.15, 0.2) is 48.1 Å². The number of amides is 3. The minimum absolute atomic E-state index is 0.0124. The van der Waals surface area contributed by atoms with Crippen molar-refractivity contribution in [3.8, 4) is 0 Å². The molecule has 1 aliphatic carbocycles. The molecule has 12 nitrogen and oxygen atoms in total. The molecule has 0 radical (unpaired) electrons. The minimum atomic E-state index is -1.63. The van der Waals surface area contributed by atoms with Crippen molar-refractivity contribution in [3.05, 3.63) is 48.1 Å². The average Bonchev–Trinajstić information content (AvgIpc) is 3.36. The van der Waals surface area contributed by atoms with Gasteiger partial charge in [0.15, 0.2) is 0 Å². The molecule has 0 aromatic heterocycles. The summed E-state index contributed by atoms with van der Waals surface area (Å²) < 4.78 is 17.4. The highest BCUT2D eigenvalue weighted by Crippen LogP contribution is 2.38. The first-order chi connectivity index (χ1) is 23.6. The topological polar surface area (TPSA) is 169 Å². The van der Waals surface area contributed by atoms with Crippen LogP contribution in [0.4, 0.5) is 0 Å². The van der Waals surface area contributed by atoms with E-state index in [-0.39, 0.29) is 84.8 Å². The molecule has 3 N–H and O–H groups in total. The number of rotatable bonds is 14. The molecule has 3 heterocycles. The van der Waals surface area contributed by atoms with Crippen LogP contribution in [-0.4, -0.2) is 105 Å². The molecule has 0 aromatic rings. The highest BCUT2D eigenvalue weighted by molar-refractivity contribution is 6.18. The summed E-state index contributed by atoms with van der Waals surface area (Å²) in [6.07, 6.45) is 10.2. The van der Waals surface area contributed by atoms with Gasteiger partial charge in [0.05, 0.1) is 30.2 Å². The summed E-state index contributed by atoms with van der Waals surface area (Å²) in [5.41, 5.74) is -0.740. The van der Waals surface area contributed by atoms with Gasteiger partial charge < -0.3 is 29.7 Å². The normalized spacial score (nSPS) is 35.4. The van der Waals surface area contributed by atoms with Crippen LogP contribution in [0.3, 0.4) is 0 Å². The molecule has 50 heavy (non-hydrogen) atoms. The van der Waals surface area contributed by atoms with Crippen LogP contribution in [-0.2, 0) is 38.2 Å². The number of nitrogens with zero attached hydrogens (tertiary/aromatic N) is 1. The van der Waals surface area contributed by atoms with Crippen LogP contribution in [0, 0.1) is 11.8 Å². The number of aliphatic hydroxyl groups is 2. The molecule has 0 bridgehead atoms. The fourth-order valence-corrected chi connectivity index (χ4v) is 7.43. The smallest absolute Gasteiger partial charge is 0.303 e. The molecule has 3 fully saturated rings. The molecule has 4 aliphatic rings. The molecular formula is C37H51ClN2O10. The summed E-state index contributed by atoms with van der Waals surface area (Å²) in [7, 11) is 0. The number of ketones is 1. The second kappa shape index (κ2) is 17.4. The van der Waals surface area contributed by atoms with Crippen molar-refractivity contribution >= 4 is 41.1 Å². The van der Waals surface area contributed by atoms with Crippen molar-refractivity contribution in [3.63, 3.8) is 0 Å². The Morgan fingerprint density at radius 2 is 1.78 bits per heavy atom. The van der Waals surface area contributed by atoms with E-state index in [1.165, 1.54) is 36.1 Å². The lowest BCUT2D eigenvalue weighted by molar-refractivity contribution is -0.195. The van der Waals surface area contributed by atoms with Crippen LogP contribution in [0.25, 0.3) is 0 Å². The number of hydrogen-bond donors (Lipinski definition) is 3. The molecule has 2 saturated heterocycles. The zero-order valence-corrected chi connectivity index (χ0v) is 30.2. The van der Waals surface area contributed by atoms with Gasteiger partial charge in [0.25, 0.3) is 11.8 Å².